The van der Waals surface area contributed by atoms with Crippen LogP contribution in [-0.4, -0.2) is 56.1 Å². The second-order valence-corrected chi connectivity index (χ2v) is 5.64. The predicted molar refractivity (Wildman–Crippen MR) is 85.0 cm³/mol. The molecule has 1 aromatic rings. The highest BCUT2D eigenvalue weighted by Crippen LogP contribution is 2.25. The maximum Gasteiger partial charge on any atom is 0.124 e. The van der Waals surface area contributed by atoms with E-state index in [1.807, 2.05) is 13.0 Å². The lowest BCUT2D eigenvalue weighted by Crippen LogP contribution is -2.32. The van der Waals surface area contributed by atoms with E-state index in [0.29, 0.717) is 13.2 Å². The molecule has 0 radical (unpaired) electrons. The van der Waals surface area contributed by atoms with Crippen LogP contribution >= 0.6 is 0 Å². The minimum absolute atomic E-state index is 0.168. The third-order valence-corrected chi connectivity index (χ3v) is 4.23. The van der Waals surface area contributed by atoms with Crippen molar-refractivity contribution in [3.8, 4) is 5.75 Å². The number of methoxy groups -OCH3 is 2. The van der Waals surface area contributed by atoms with E-state index < -0.39 is 0 Å². The Morgan fingerprint density at radius 3 is 2.77 bits per heavy atom. The van der Waals surface area contributed by atoms with Gasteiger partial charge in [-0.15, -0.1) is 0 Å². The molecule has 1 heterocycles. The van der Waals surface area contributed by atoms with Crippen LogP contribution in [0.4, 0.5) is 0 Å². The zero-order valence-corrected chi connectivity index (χ0v) is 13.7. The Kier molecular flexibility index (Phi) is 6.64. The standard InChI is InChI=1S/C17H27NO4/c1-4-22-12-14-7-13(5-6-17(14)21-3)9-18-10-16(20-2)8-15(18)11-19/h5-7,15-16,19H,4,8-12H2,1-3H3/t15-,16-/m0/s1. The van der Waals surface area contributed by atoms with Crippen molar-refractivity contribution in [2.75, 3.05) is 34.0 Å². The molecule has 1 aliphatic heterocycles. The summed E-state index contributed by atoms with van der Waals surface area (Å²) in [5, 5.41) is 9.54. The molecule has 5 nitrogen and oxygen atoms in total. The van der Waals surface area contributed by atoms with E-state index >= 15 is 0 Å². The minimum Gasteiger partial charge on any atom is -0.496 e. The molecule has 5 heteroatoms. The number of ether oxygens (including phenoxy) is 3. The average molecular weight is 309 g/mol. The lowest BCUT2D eigenvalue weighted by molar-refractivity contribution is 0.107. The topological polar surface area (TPSA) is 51.2 Å². The first kappa shape index (κ1) is 17.2. The highest BCUT2D eigenvalue weighted by Gasteiger charge is 2.31. The van der Waals surface area contributed by atoms with E-state index in [0.717, 1.165) is 30.8 Å². The Labute approximate surface area is 132 Å². The van der Waals surface area contributed by atoms with Gasteiger partial charge in [-0.1, -0.05) is 6.07 Å². The molecule has 0 unspecified atom stereocenters. The zero-order valence-electron chi connectivity index (χ0n) is 13.7. The molecular weight excluding hydrogens is 282 g/mol. The summed E-state index contributed by atoms with van der Waals surface area (Å²) in [6.45, 7) is 5.04. The van der Waals surface area contributed by atoms with Crippen molar-refractivity contribution >= 4 is 0 Å². The molecular formula is C17H27NO4. The van der Waals surface area contributed by atoms with Crippen LogP contribution in [0.15, 0.2) is 18.2 Å². The molecule has 0 saturated carbocycles. The van der Waals surface area contributed by atoms with Crippen LogP contribution < -0.4 is 4.74 Å². The van der Waals surface area contributed by atoms with Crippen molar-refractivity contribution in [3.05, 3.63) is 29.3 Å². The molecule has 22 heavy (non-hydrogen) atoms. The van der Waals surface area contributed by atoms with E-state index in [1.54, 1.807) is 14.2 Å². The maximum atomic E-state index is 9.54. The molecule has 2 rings (SSSR count). The van der Waals surface area contributed by atoms with Crippen molar-refractivity contribution in [1.82, 2.24) is 4.90 Å². The fourth-order valence-electron chi connectivity index (χ4n) is 2.98. The second kappa shape index (κ2) is 8.48. The molecule has 0 spiro atoms. The monoisotopic (exact) mass is 309 g/mol. The highest BCUT2D eigenvalue weighted by molar-refractivity contribution is 5.37. The number of hydrogen-bond acceptors (Lipinski definition) is 5. The van der Waals surface area contributed by atoms with E-state index in [4.69, 9.17) is 14.2 Å². The molecule has 2 atom stereocenters. The summed E-state index contributed by atoms with van der Waals surface area (Å²) in [5.74, 6) is 0.854. The quantitative estimate of drug-likeness (QED) is 0.794. The smallest absolute Gasteiger partial charge is 0.124 e. The van der Waals surface area contributed by atoms with Gasteiger partial charge in [-0.05, 0) is 31.0 Å². The Morgan fingerprint density at radius 2 is 2.14 bits per heavy atom. The molecule has 1 saturated heterocycles. The summed E-state index contributed by atoms with van der Waals surface area (Å²) in [5.41, 5.74) is 2.26. The molecule has 1 aliphatic rings. The highest BCUT2D eigenvalue weighted by atomic mass is 16.5. The summed E-state index contributed by atoms with van der Waals surface area (Å²) in [6.07, 6.45) is 1.09. The summed E-state index contributed by atoms with van der Waals surface area (Å²) in [7, 11) is 3.41. The van der Waals surface area contributed by atoms with Gasteiger partial charge in [-0.3, -0.25) is 4.90 Å². The lowest BCUT2D eigenvalue weighted by Gasteiger charge is -2.23. The molecule has 1 aromatic carbocycles. The number of rotatable bonds is 8. The normalized spacial score (nSPS) is 22.2. The minimum atomic E-state index is 0.168. The molecule has 0 bridgehead atoms. The van der Waals surface area contributed by atoms with Crippen LogP contribution in [0.2, 0.25) is 0 Å². The van der Waals surface area contributed by atoms with Crippen LogP contribution in [-0.2, 0) is 22.6 Å². The lowest BCUT2D eigenvalue weighted by atomic mass is 10.1. The number of aliphatic hydroxyl groups is 1. The first-order valence-electron chi connectivity index (χ1n) is 7.83. The van der Waals surface area contributed by atoms with Crippen LogP contribution in [0.3, 0.4) is 0 Å². The van der Waals surface area contributed by atoms with Gasteiger partial charge in [0.1, 0.15) is 5.75 Å². The molecule has 1 N–H and O–H groups in total. The third kappa shape index (κ3) is 4.20. The Bertz CT molecular complexity index is 466. The van der Waals surface area contributed by atoms with Gasteiger partial charge >= 0.3 is 0 Å². The van der Waals surface area contributed by atoms with Crippen molar-refractivity contribution in [2.45, 2.75) is 38.6 Å². The Hall–Kier alpha value is -1.14. The number of benzene rings is 1. The number of aliphatic hydroxyl groups excluding tert-OH is 1. The number of likely N-dealkylation sites (tertiary alicyclic amines) is 1. The first-order chi connectivity index (χ1) is 10.7. The van der Waals surface area contributed by atoms with Crippen molar-refractivity contribution in [2.24, 2.45) is 0 Å². The summed E-state index contributed by atoms with van der Waals surface area (Å²) in [4.78, 5) is 2.28. The molecule has 1 fully saturated rings. The largest absolute Gasteiger partial charge is 0.496 e. The van der Waals surface area contributed by atoms with E-state index in [1.165, 1.54) is 5.56 Å². The fraction of sp³-hybridized carbons (Fsp3) is 0.647. The van der Waals surface area contributed by atoms with Crippen LogP contribution in [0, 0.1) is 0 Å². The van der Waals surface area contributed by atoms with Gasteiger partial charge in [0.2, 0.25) is 0 Å². The molecule has 0 aromatic heterocycles. The summed E-state index contributed by atoms with van der Waals surface area (Å²) >= 11 is 0. The van der Waals surface area contributed by atoms with Crippen LogP contribution in [0.5, 0.6) is 5.75 Å². The Morgan fingerprint density at radius 1 is 1.32 bits per heavy atom. The predicted octanol–water partition coefficient (Wildman–Crippen LogP) is 1.81. The van der Waals surface area contributed by atoms with Crippen molar-refractivity contribution in [3.63, 3.8) is 0 Å². The van der Waals surface area contributed by atoms with Crippen molar-refractivity contribution < 1.29 is 19.3 Å². The van der Waals surface area contributed by atoms with E-state index in [9.17, 15) is 5.11 Å². The number of hydrogen-bond donors (Lipinski definition) is 1. The average Bonchev–Trinajstić information content (AvgIpc) is 2.95. The first-order valence-corrected chi connectivity index (χ1v) is 7.83. The fourth-order valence-corrected chi connectivity index (χ4v) is 2.98. The van der Waals surface area contributed by atoms with Gasteiger partial charge in [0.25, 0.3) is 0 Å². The van der Waals surface area contributed by atoms with Crippen molar-refractivity contribution in [1.29, 1.82) is 0 Å². The van der Waals surface area contributed by atoms with Crippen LogP contribution in [0.25, 0.3) is 0 Å². The van der Waals surface area contributed by atoms with Gasteiger partial charge in [-0.2, -0.15) is 0 Å². The van der Waals surface area contributed by atoms with E-state index in [-0.39, 0.29) is 18.8 Å². The number of nitrogens with zero attached hydrogens (tertiary/aromatic N) is 1. The molecule has 124 valence electrons. The van der Waals surface area contributed by atoms with E-state index in [2.05, 4.69) is 17.0 Å². The maximum absolute atomic E-state index is 9.54. The van der Waals surface area contributed by atoms with Gasteiger partial charge < -0.3 is 19.3 Å². The summed E-state index contributed by atoms with van der Waals surface area (Å²) < 4.78 is 16.3. The summed E-state index contributed by atoms with van der Waals surface area (Å²) in [6, 6.07) is 6.36. The second-order valence-electron chi connectivity index (χ2n) is 5.64. The molecule has 0 amide bonds. The van der Waals surface area contributed by atoms with Gasteiger partial charge in [0.15, 0.2) is 0 Å². The zero-order chi connectivity index (χ0) is 15.9. The molecule has 0 aliphatic carbocycles. The van der Waals surface area contributed by atoms with Gasteiger partial charge in [-0.25, -0.2) is 0 Å². The Balaban J connectivity index is 2.08. The van der Waals surface area contributed by atoms with Crippen LogP contribution in [0.1, 0.15) is 24.5 Å². The SMILES string of the molecule is CCOCc1cc(CN2C[C@@H](OC)C[C@H]2CO)ccc1OC. The third-order valence-electron chi connectivity index (χ3n) is 4.23. The van der Waals surface area contributed by atoms with Gasteiger partial charge in [0, 0.05) is 38.4 Å². The van der Waals surface area contributed by atoms with Gasteiger partial charge in [0.05, 0.1) is 26.4 Å².